The molecule has 1 aromatic carbocycles. The van der Waals surface area contributed by atoms with Crippen molar-refractivity contribution in [2.24, 2.45) is 0 Å². The third-order valence-electron chi connectivity index (χ3n) is 2.73. The van der Waals surface area contributed by atoms with Gasteiger partial charge in [-0.25, -0.2) is 4.79 Å². The summed E-state index contributed by atoms with van der Waals surface area (Å²) in [6.45, 7) is 5.01. The van der Waals surface area contributed by atoms with Crippen LogP contribution in [0.1, 0.15) is 31.9 Å². The SMILES string of the molecule is CCNC(=O)CCNC(C(=O)OCC)c1ccccc1. The Morgan fingerprint density at radius 3 is 2.50 bits per heavy atom. The first-order valence-electron chi connectivity index (χ1n) is 6.90. The van der Waals surface area contributed by atoms with Gasteiger partial charge in [-0.1, -0.05) is 30.3 Å². The summed E-state index contributed by atoms with van der Waals surface area (Å²) in [4.78, 5) is 23.3. The molecule has 0 saturated heterocycles. The van der Waals surface area contributed by atoms with Gasteiger partial charge < -0.3 is 15.4 Å². The van der Waals surface area contributed by atoms with Crippen LogP contribution in [0.25, 0.3) is 0 Å². The maximum absolute atomic E-state index is 12.0. The first kappa shape index (κ1) is 16.2. The third kappa shape index (κ3) is 5.40. The van der Waals surface area contributed by atoms with E-state index in [1.54, 1.807) is 6.92 Å². The molecule has 5 heteroatoms. The normalized spacial score (nSPS) is 11.7. The fraction of sp³-hybridized carbons (Fsp3) is 0.467. The first-order chi connectivity index (χ1) is 9.69. The molecule has 0 saturated carbocycles. The standard InChI is InChI=1S/C15H22N2O3/c1-3-16-13(18)10-11-17-14(15(19)20-4-2)12-8-6-5-7-9-12/h5-9,14,17H,3-4,10-11H2,1-2H3,(H,16,18). The zero-order valence-electron chi connectivity index (χ0n) is 12.0. The van der Waals surface area contributed by atoms with Crippen molar-refractivity contribution in [2.75, 3.05) is 19.7 Å². The number of amides is 1. The molecule has 5 nitrogen and oxygen atoms in total. The molecule has 0 fully saturated rings. The predicted octanol–water partition coefficient (Wildman–Crippen LogP) is 1.41. The summed E-state index contributed by atoms with van der Waals surface area (Å²) in [5.41, 5.74) is 0.835. The van der Waals surface area contributed by atoms with Gasteiger partial charge in [0.05, 0.1) is 6.61 Å². The van der Waals surface area contributed by atoms with Gasteiger partial charge in [0.2, 0.25) is 5.91 Å². The Morgan fingerprint density at radius 2 is 1.90 bits per heavy atom. The van der Waals surface area contributed by atoms with Crippen LogP contribution >= 0.6 is 0 Å². The number of esters is 1. The molecule has 0 bridgehead atoms. The van der Waals surface area contributed by atoms with Crippen LogP contribution in [0.2, 0.25) is 0 Å². The van der Waals surface area contributed by atoms with E-state index >= 15 is 0 Å². The van der Waals surface area contributed by atoms with Gasteiger partial charge in [0.15, 0.2) is 0 Å². The molecule has 0 aliphatic rings. The van der Waals surface area contributed by atoms with Gasteiger partial charge in [-0.2, -0.15) is 0 Å². The fourth-order valence-electron chi connectivity index (χ4n) is 1.82. The highest BCUT2D eigenvalue weighted by Crippen LogP contribution is 2.14. The van der Waals surface area contributed by atoms with Gasteiger partial charge >= 0.3 is 5.97 Å². The molecule has 1 aromatic rings. The number of hydrogen-bond donors (Lipinski definition) is 2. The Morgan fingerprint density at radius 1 is 1.20 bits per heavy atom. The molecular formula is C15H22N2O3. The summed E-state index contributed by atoms with van der Waals surface area (Å²) in [7, 11) is 0. The second-order valence-electron chi connectivity index (χ2n) is 4.25. The summed E-state index contributed by atoms with van der Waals surface area (Å²) in [5.74, 6) is -0.356. The molecule has 0 spiro atoms. The molecular weight excluding hydrogens is 256 g/mol. The summed E-state index contributed by atoms with van der Waals surface area (Å²) in [6, 6.07) is 8.81. The number of carbonyl (C=O) groups is 2. The van der Waals surface area contributed by atoms with Crippen molar-refractivity contribution in [3.8, 4) is 0 Å². The topological polar surface area (TPSA) is 67.4 Å². The molecule has 110 valence electrons. The molecule has 1 atom stereocenters. The first-order valence-corrected chi connectivity index (χ1v) is 6.90. The van der Waals surface area contributed by atoms with Crippen LogP contribution in [-0.2, 0) is 14.3 Å². The van der Waals surface area contributed by atoms with Gasteiger partial charge in [-0.05, 0) is 19.4 Å². The number of carbonyl (C=O) groups excluding carboxylic acids is 2. The molecule has 2 N–H and O–H groups in total. The van der Waals surface area contributed by atoms with Crippen molar-refractivity contribution in [3.63, 3.8) is 0 Å². The maximum Gasteiger partial charge on any atom is 0.327 e. The molecule has 20 heavy (non-hydrogen) atoms. The lowest BCUT2D eigenvalue weighted by molar-refractivity contribution is -0.146. The molecule has 0 aromatic heterocycles. The molecule has 1 amide bonds. The van der Waals surface area contributed by atoms with Crippen LogP contribution in [0, 0.1) is 0 Å². The van der Waals surface area contributed by atoms with Crippen molar-refractivity contribution in [1.82, 2.24) is 10.6 Å². The number of benzene rings is 1. The maximum atomic E-state index is 12.0. The highest BCUT2D eigenvalue weighted by molar-refractivity contribution is 5.78. The van der Waals surface area contributed by atoms with Crippen molar-refractivity contribution >= 4 is 11.9 Å². The minimum absolute atomic E-state index is 0.0318. The molecule has 0 heterocycles. The van der Waals surface area contributed by atoms with Crippen LogP contribution in [0.3, 0.4) is 0 Å². The molecule has 0 radical (unpaired) electrons. The zero-order chi connectivity index (χ0) is 14.8. The van der Waals surface area contributed by atoms with Crippen LogP contribution in [0.5, 0.6) is 0 Å². The minimum atomic E-state index is -0.537. The van der Waals surface area contributed by atoms with E-state index in [0.717, 1.165) is 5.56 Å². The Bertz CT molecular complexity index is 420. The number of hydrogen-bond acceptors (Lipinski definition) is 4. The van der Waals surface area contributed by atoms with Crippen molar-refractivity contribution < 1.29 is 14.3 Å². The Kier molecular flexibility index (Phi) is 7.35. The smallest absolute Gasteiger partial charge is 0.327 e. The molecule has 1 unspecified atom stereocenters. The highest BCUT2D eigenvalue weighted by atomic mass is 16.5. The van der Waals surface area contributed by atoms with Gasteiger partial charge in [0, 0.05) is 19.5 Å². The van der Waals surface area contributed by atoms with Crippen LogP contribution < -0.4 is 10.6 Å². The summed E-state index contributed by atoms with van der Waals surface area (Å²) in [5, 5.41) is 5.79. The van der Waals surface area contributed by atoms with E-state index < -0.39 is 6.04 Å². The van der Waals surface area contributed by atoms with E-state index in [0.29, 0.717) is 26.1 Å². The lowest BCUT2D eigenvalue weighted by atomic mass is 10.1. The van der Waals surface area contributed by atoms with Gasteiger partial charge in [0.25, 0.3) is 0 Å². The minimum Gasteiger partial charge on any atom is -0.465 e. The Balaban J connectivity index is 2.60. The van der Waals surface area contributed by atoms with Crippen LogP contribution in [-0.4, -0.2) is 31.6 Å². The monoisotopic (exact) mass is 278 g/mol. The largest absolute Gasteiger partial charge is 0.465 e. The third-order valence-corrected chi connectivity index (χ3v) is 2.73. The zero-order valence-corrected chi connectivity index (χ0v) is 12.0. The van der Waals surface area contributed by atoms with E-state index in [1.807, 2.05) is 37.3 Å². The number of rotatable bonds is 8. The number of ether oxygens (including phenoxy) is 1. The molecule has 0 aliphatic carbocycles. The fourth-order valence-corrected chi connectivity index (χ4v) is 1.82. The van der Waals surface area contributed by atoms with E-state index in [-0.39, 0.29) is 11.9 Å². The van der Waals surface area contributed by atoms with E-state index in [4.69, 9.17) is 4.74 Å². The van der Waals surface area contributed by atoms with Gasteiger partial charge in [-0.3, -0.25) is 4.79 Å². The highest BCUT2D eigenvalue weighted by Gasteiger charge is 2.21. The van der Waals surface area contributed by atoms with Crippen molar-refractivity contribution in [1.29, 1.82) is 0 Å². The Hall–Kier alpha value is -1.88. The van der Waals surface area contributed by atoms with Crippen molar-refractivity contribution in [2.45, 2.75) is 26.3 Å². The number of nitrogens with one attached hydrogen (secondary N) is 2. The molecule has 0 aliphatic heterocycles. The van der Waals surface area contributed by atoms with Gasteiger partial charge in [-0.15, -0.1) is 0 Å². The summed E-state index contributed by atoms with van der Waals surface area (Å²) < 4.78 is 5.06. The second-order valence-corrected chi connectivity index (χ2v) is 4.25. The quantitative estimate of drug-likeness (QED) is 0.706. The lowest BCUT2D eigenvalue weighted by Crippen LogP contribution is -2.33. The van der Waals surface area contributed by atoms with E-state index in [2.05, 4.69) is 10.6 Å². The molecule has 1 rings (SSSR count). The summed E-state index contributed by atoms with van der Waals surface area (Å²) >= 11 is 0. The Labute approximate surface area is 119 Å². The van der Waals surface area contributed by atoms with Crippen LogP contribution in [0.15, 0.2) is 30.3 Å². The lowest BCUT2D eigenvalue weighted by Gasteiger charge is -2.17. The van der Waals surface area contributed by atoms with Gasteiger partial charge in [0.1, 0.15) is 6.04 Å². The average molecular weight is 278 g/mol. The van der Waals surface area contributed by atoms with Crippen LogP contribution in [0.4, 0.5) is 0 Å². The average Bonchev–Trinajstić information content (AvgIpc) is 2.45. The predicted molar refractivity (Wildman–Crippen MR) is 77.1 cm³/mol. The van der Waals surface area contributed by atoms with E-state index in [1.165, 1.54) is 0 Å². The van der Waals surface area contributed by atoms with Crippen molar-refractivity contribution in [3.05, 3.63) is 35.9 Å². The summed E-state index contributed by atoms with van der Waals surface area (Å²) in [6.07, 6.45) is 0.330. The second kappa shape index (κ2) is 9.09. The van der Waals surface area contributed by atoms with E-state index in [9.17, 15) is 9.59 Å².